The number of hydrogen-bond acceptors (Lipinski definition) is 2. The van der Waals surface area contributed by atoms with Crippen LogP contribution in [0.5, 0.6) is 0 Å². The predicted molar refractivity (Wildman–Crippen MR) is 92.3 cm³/mol. The van der Waals surface area contributed by atoms with Crippen molar-refractivity contribution in [2.45, 2.75) is 38.9 Å². The summed E-state index contributed by atoms with van der Waals surface area (Å²) < 4.78 is 15.6. The third kappa shape index (κ3) is 2.62. The number of fused-ring (bicyclic) bond motifs is 1. The van der Waals surface area contributed by atoms with Gasteiger partial charge in [0.25, 0.3) is 0 Å². The van der Waals surface area contributed by atoms with Crippen molar-refractivity contribution in [1.29, 1.82) is 0 Å². The van der Waals surface area contributed by atoms with E-state index in [4.69, 9.17) is 9.31 Å². The van der Waals surface area contributed by atoms with Crippen LogP contribution < -0.4 is 5.46 Å². The molecule has 2 aromatic rings. The van der Waals surface area contributed by atoms with Crippen molar-refractivity contribution in [3.05, 3.63) is 42.0 Å². The molecular formula is C18H18BO2Tl. The standard InChI is InChI=1S/C18H18BO2.Tl/c1-6-13-9-7-10-14-11-8-12-15(16(13)14)19-20-17(2,3)18(4,5)21-19;/h7-12H,2-5H3;. The number of rotatable bonds is 1. The maximum atomic E-state index is 6.23. The minimum atomic E-state index is -0.354. The summed E-state index contributed by atoms with van der Waals surface area (Å²) in [4.78, 5) is 0. The Hall–Kier alpha value is -0.833. The molecule has 0 amide bonds. The summed E-state index contributed by atoms with van der Waals surface area (Å²) in [5.74, 6) is 3.27. The van der Waals surface area contributed by atoms with Gasteiger partial charge in [-0.05, 0) is 0 Å². The molecule has 1 aliphatic rings. The van der Waals surface area contributed by atoms with E-state index in [1.807, 2.05) is 0 Å². The van der Waals surface area contributed by atoms with Gasteiger partial charge in [-0.2, -0.15) is 0 Å². The number of benzene rings is 2. The third-order valence-electron chi connectivity index (χ3n) is 4.65. The molecule has 4 heteroatoms. The second-order valence-electron chi connectivity index (χ2n) is 6.61. The van der Waals surface area contributed by atoms with Gasteiger partial charge in [-0.3, -0.25) is 0 Å². The van der Waals surface area contributed by atoms with Crippen LogP contribution in [0.25, 0.3) is 10.8 Å². The first-order valence-electron chi connectivity index (χ1n) is 7.45. The van der Waals surface area contributed by atoms with E-state index >= 15 is 0 Å². The second kappa shape index (κ2) is 5.66. The van der Waals surface area contributed by atoms with E-state index in [2.05, 4.69) is 73.5 Å². The van der Waals surface area contributed by atoms with Gasteiger partial charge in [0.15, 0.2) is 0 Å². The van der Waals surface area contributed by atoms with E-state index in [1.54, 1.807) is 0 Å². The van der Waals surface area contributed by atoms with Crippen LogP contribution in [-0.2, 0) is 9.31 Å². The van der Waals surface area contributed by atoms with Gasteiger partial charge < -0.3 is 0 Å². The fraction of sp³-hybridized carbons (Fsp3) is 0.333. The molecule has 0 N–H and O–H groups in total. The van der Waals surface area contributed by atoms with Crippen molar-refractivity contribution in [3.63, 3.8) is 0 Å². The fourth-order valence-electron chi connectivity index (χ4n) is 2.72. The van der Waals surface area contributed by atoms with Crippen LogP contribution in [0.4, 0.5) is 0 Å². The molecule has 108 valence electrons. The zero-order valence-corrected chi connectivity index (χ0v) is 17.9. The molecule has 22 heavy (non-hydrogen) atoms. The molecule has 0 aromatic heterocycles. The van der Waals surface area contributed by atoms with Crippen molar-refractivity contribution in [2.24, 2.45) is 0 Å². The first-order chi connectivity index (χ1) is 10.4. The molecule has 0 saturated carbocycles. The summed E-state index contributed by atoms with van der Waals surface area (Å²) in [5, 5.41) is 2.33. The molecule has 1 heterocycles. The van der Waals surface area contributed by atoms with Crippen molar-refractivity contribution in [3.8, 4) is 9.40 Å². The maximum absolute atomic E-state index is 6.23. The van der Waals surface area contributed by atoms with Gasteiger partial charge in [0.2, 0.25) is 0 Å². The van der Waals surface area contributed by atoms with E-state index in [9.17, 15) is 0 Å². The molecule has 2 nitrogen and oxygen atoms in total. The van der Waals surface area contributed by atoms with Gasteiger partial charge in [0.1, 0.15) is 0 Å². The van der Waals surface area contributed by atoms with Gasteiger partial charge in [-0.15, -0.1) is 0 Å². The SMILES string of the molecule is CC1(C)OB(c2cccc3cccc(C#[C][Tl])c23)OC1(C)C. The Morgan fingerprint density at radius 3 is 2.14 bits per heavy atom. The molecule has 3 rings (SSSR count). The van der Waals surface area contributed by atoms with E-state index in [0.717, 1.165) is 16.4 Å². The summed E-state index contributed by atoms with van der Waals surface area (Å²) in [6.45, 7) is 8.32. The third-order valence-corrected chi connectivity index (χ3v) is 5.21. The van der Waals surface area contributed by atoms with Crippen LogP contribution >= 0.6 is 0 Å². The van der Waals surface area contributed by atoms with Crippen LogP contribution in [-0.4, -0.2) is 44.1 Å². The summed E-state index contributed by atoms with van der Waals surface area (Å²) in [6, 6.07) is 12.5. The zero-order chi connectivity index (χ0) is 16.0. The monoisotopic (exact) mass is 482 g/mol. The van der Waals surface area contributed by atoms with E-state index in [1.165, 1.54) is 5.39 Å². The molecule has 0 aliphatic carbocycles. The van der Waals surface area contributed by atoms with Crippen LogP contribution in [0, 0.1) is 9.40 Å². The van der Waals surface area contributed by atoms with Crippen molar-refractivity contribution in [2.75, 3.05) is 0 Å². The molecule has 0 spiro atoms. The molecule has 1 fully saturated rings. The fourth-order valence-corrected chi connectivity index (χ4v) is 3.32. The van der Waals surface area contributed by atoms with Crippen molar-refractivity contribution < 1.29 is 9.31 Å². The second-order valence-corrected chi connectivity index (χ2v) is 7.73. The van der Waals surface area contributed by atoms with Gasteiger partial charge >= 0.3 is 149 Å². The summed E-state index contributed by atoms with van der Waals surface area (Å²) in [6.07, 6.45) is 0. The first kappa shape index (κ1) is 16.0. The van der Waals surface area contributed by atoms with E-state index < -0.39 is 0 Å². The Morgan fingerprint density at radius 1 is 0.955 bits per heavy atom. The Bertz CT molecular complexity index is 765. The molecule has 2 aromatic carbocycles. The Kier molecular flexibility index (Phi) is 4.13. The van der Waals surface area contributed by atoms with Crippen LogP contribution in [0.3, 0.4) is 0 Å². The average Bonchev–Trinajstić information content (AvgIpc) is 2.67. The van der Waals surface area contributed by atoms with E-state index in [0.29, 0.717) is 25.8 Å². The van der Waals surface area contributed by atoms with Gasteiger partial charge in [0.05, 0.1) is 0 Å². The molecule has 0 bridgehead atoms. The molecule has 0 atom stereocenters. The topological polar surface area (TPSA) is 18.5 Å². The predicted octanol–water partition coefficient (Wildman–Crippen LogP) is 2.62. The Balaban J connectivity index is 2.18. The summed E-state index contributed by atoms with van der Waals surface area (Å²) in [7, 11) is -0.354. The van der Waals surface area contributed by atoms with Crippen LogP contribution in [0.2, 0.25) is 0 Å². The summed E-state index contributed by atoms with van der Waals surface area (Å²) in [5.41, 5.74) is 1.46. The molecule has 1 saturated heterocycles. The first-order valence-corrected chi connectivity index (χ1v) is 9.69. The van der Waals surface area contributed by atoms with Crippen LogP contribution in [0.15, 0.2) is 36.4 Å². The number of hydrogen-bond donors (Lipinski definition) is 0. The molecular weight excluding hydrogens is 463 g/mol. The van der Waals surface area contributed by atoms with Gasteiger partial charge in [-0.1, -0.05) is 0 Å². The van der Waals surface area contributed by atoms with Crippen molar-refractivity contribution in [1.82, 2.24) is 0 Å². The van der Waals surface area contributed by atoms with Crippen LogP contribution in [0.1, 0.15) is 33.3 Å². The zero-order valence-electron chi connectivity index (χ0n) is 13.4. The minimum absolute atomic E-state index is 0.334. The molecule has 0 radical (unpaired) electrons. The average molecular weight is 482 g/mol. The Labute approximate surface area is 148 Å². The summed E-state index contributed by atoms with van der Waals surface area (Å²) >= 11 is 0.671. The molecule has 1 aliphatic heterocycles. The quantitative estimate of drug-likeness (QED) is 0.461. The normalized spacial score (nSPS) is 19.0. The van der Waals surface area contributed by atoms with Crippen molar-refractivity contribution >= 4 is 49.1 Å². The molecule has 0 unspecified atom stereocenters. The van der Waals surface area contributed by atoms with Gasteiger partial charge in [-0.25, -0.2) is 0 Å². The van der Waals surface area contributed by atoms with Gasteiger partial charge in [0, 0.05) is 0 Å². The Morgan fingerprint density at radius 2 is 1.55 bits per heavy atom. The van der Waals surface area contributed by atoms with E-state index in [-0.39, 0.29) is 18.3 Å².